The molecule has 1 aromatic rings. The van der Waals surface area contributed by atoms with E-state index in [2.05, 4.69) is 29.0 Å². The van der Waals surface area contributed by atoms with Gasteiger partial charge in [-0.2, -0.15) is 18.3 Å². The minimum atomic E-state index is -4.59. The van der Waals surface area contributed by atoms with Crippen molar-refractivity contribution in [1.82, 2.24) is 25.0 Å². The van der Waals surface area contributed by atoms with Crippen molar-refractivity contribution in [3.63, 3.8) is 0 Å². The van der Waals surface area contributed by atoms with Gasteiger partial charge in [0.1, 0.15) is 12.2 Å². The molecule has 1 fully saturated rings. The molecule has 0 bridgehead atoms. The van der Waals surface area contributed by atoms with Crippen LogP contribution in [0.25, 0.3) is 0 Å². The lowest BCUT2D eigenvalue weighted by Crippen LogP contribution is -2.51. The number of carbonyl (C=O) groups is 3. The van der Waals surface area contributed by atoms with Gasteiger partial charge >= 0.3 is 6.18 Å². The second-order valence-electron chi connectivity index (χ2n) is 9.43. The van der Waals surface area contributed by atoms with Crippen LogP contribution in [0.15, 0.2) is 70.9 Å². The Balaban J connectivity index is 1.73. The fourth-order valence-electron chi connectivity index (χ4n) is 4.49. The first-order chi connectivity index (χ1) is 19.8. The molecule has 0 aromatic heterocycles. The maximum atomic E-state index is 13.7. The summed E-state index contributed by atoms with van der Waals surface area (Å²) in [4.78, 5) is 44.9. The number of allylic oxidation sites excluding steroid dienone is 3. The molecule has 3 amide bonds. The van der Waals surface area contributed by atoms with Crippen LogP contribution in [0.3, 0.4) is 0 Å². The van der Waals surface area contributed by atoms with E-state index in [-0.39, 0.29) is 22.3 Å². The van der Waals surface area contributed by atoms with Crippen LogP contribution in [-0.2, 0) is 20.6 Å². The van der Waals surface area contributed by atoms with Crippen molar-refractivity contribution in [3.8, 4) is 0 Å². The minimum absolute atomic E-state index is 0.0513. The Morgan fingerprint density at radius 3 is 2.33 bits per heavy atom. The molecule has 1 saturated heterocycles. The van der Waals surface area contributed by atoms with Crippen LogP contribution in [0.1, 0.15) is 18.9 Å². The van der Waals surface area contributed by atoms with E-state index in [1.807, 2.05) is 25.1 Å². The van der Waals surface area contributed by atoms with Gasteiger partial charge in [0.05, 0.1) is 21.8 Å². The maximum Gasteiger partial charge on any atom is 0.416 e. The number of hydrogen-bond acceptors (Lipinski definition) is 7. The summed E-state index contributed by atoms with van der Waals surface area (Å²) < 4.78 is 38.8. The molecular weight excluding hydrogens is 575 g/mol. The molecule has 14 heteroatoms. The van der Waals surface area contributed by atoms with Gasteiger partial charge in [0.25, 0.3) is 11.8 Å². The number of hydrogen-bond donors (Lipinski definition) is 2. The van der Waals surface area contributed by atoms with Gasteiger partial charge in [-0.05, 0) is 36.8 Å². The molecule has 10 nitrogen and oxygen atoms in total. The number of hydrazone groups is 1. The number of halogens is 4. The molecule has 2 aliphatic heterocycles. The number of nitrogens with zero attached hydrogens (tertiary/aromatic N) is 5. The number of alkyl halides is 3. The summed E-state index contributed by atoms with van der Waals surface area (Å²) in [5.74, 6) is -1.51. The molecule has 0 spiro atoms. The molecular formula is C28H33ClF3N7O3. The second-order valence-corrected chi connectivity index (χ2v) is 9.84. The molecule has 0 radical (unpaired) electrons. The van der Waals surface area contributed by atoms with E-state index in [1.165, 1.54) is 0 Å². The fraction of sp³-hybridized carbons (Fsp3) is 0.357. The summed E-state index contributed by atoms with van der Waals surface area (Å²) >= 11 is 5.95. The maximum absolute atomic E-state index is 13.7. The molecule has 42 heavy (non-hydrogen) atoms. The van der Waals surface area contributed by atoms with E-state index in [0.29, 0.717) is 55.6 Å². The third kappa shape index (κ3) is 7.32. The first kappa shape index (κ1) is 32.3. The lowest BCUT2D eigenvalue weighted by Gasteiger charge is -2.39. The molecule has 3 rings (SSSR count). The largest absolute Gasteiger partial charge is 0.416 e. The number of anilines is 1. The number of piperazine rings is 1. The van der Waals surface area contributed by atoms with Gasteiger partial charge in [0.15, 0.2) is 0 Å². The van der Waals surface area contributed by atoms with Gasteiger partial charge in [-0.1, -0.05) is 25.1 Å². The number of nitrogens with one attached hydrogen (secondary N) is 2. The van der Waals surface area contributed by atoms with Gasteiger partial charge in [0.2, 0.25) is 5.91 Å². The highest BCUT2D eigenvalue weighted by molar-refractivity contribution is 6.33. The van der Waals surface area contributed by atoms with Gasteiger partial charge in [-0.15, -0.1) is 0 Å². The SMILES string of the molecule is C=NN(CC(=O)Nc1ccc(C(F)(F)F)cc1Cl)C(=O)/C(=C(/CC)NC)N1CCN(C(=O)C2=CC=CN(C)C2=C)CC1. The molecule has 0 aliphatic carbocycles. The number of amides is 3. The van der Waals surface area contributed by atoms with Crippen molar-refractivity contribution in [2.45, 2.75) is 19.5 Å². The molecule has 2 N–H and O–H groups in total. The van der Waals surface area contributed by atoms with Crippen molar-refractivity contribution in [1.29, 1.82) is 0 Å². The molecule has 1 aromatic carbocycles. The summed E-state index contributed by atoms with van der Waals surface area (Å²) in [5, 5.41) is 9.73. The van der Waals surface area contributed by atoms with Crippen LogP contribution >= 0.6 is 11.6 Å². The molecule has 0 atom stereocenters. The Morgan fingerprint density at radius 1 is 1.14 bits per heavy atom. The van der Waals surface area contributed by atoms with Crippen molar-refractivity contribution in [2.24, 2.45) is 5.10 Å². The lowest BCUT2D eigenvalue weighted by molar-refractivity contribution is -0.137. The van der Waals surface area contributed by atoms with Crippen molar-refractivity contribution in [3.05, 3.63) is 76.4 Å². The van der Waals surface area contributed by atoms with Gasteiger partial charge in [-0.25, -0.2) is 5.01 Å². The zero-order valence-electron chi connectivity index (χ0n) is 23.6. The zero-order chi connectivity index (χ0) is 31.2. The first-order valence-electron chi connectivity index (χ1n) is 13.0. The van der Waals surface area contributed by atoms with Crippen LogP contribution in [0, 0.1) is 0 Å². The quantitative estimate of drug-likeness (QED) is 0.253. The Morgan fingerprint density at radius 2 is 1.79 bits per heavy atom. The van der Waals surface area contributed by atoms with Crippen molar-refractivity contribution < 1.29 is 27.6 Å². The smallest absolute Gasteiger partial charge is 0.390 e. The van der Waals surface area contributed by atoms with Gasteiger partial charge < -0.3 is 25.3 Å². The molecule has 2 heterocycles. The summed E-state index contributed by atoms with van der Waals surface area (Å²) in [7, 11) is 3.48. The Kier molecular flexibility index (Phi) is 10.4. The highest BCUT2D eigenvalue weighted by Crippen LogP contribution is 2.33. The predicted molar refractivity (Wildman–Crippen MR) is 155 cm³/mol. The monoisotopic (exact) mass is 607 g/mol. The fourth-order valence-corrected chi connectivity index (χ4v) is 4.72. The highest BCUT2D eigenvalue weighted by atomic mass is 35.5. The molecule has 226 valence electrons. The summed E-state index contributed by atoms with van der Waals surface area (Å²) in [6.07, 6.45) is 1.17. The third-order valence-corrected chi connectivity index (χ3v) is 7.15. The van der Waals surface area contributed by atoms with Crippen molar-refractivity contribution in [2.75, 3.05) is 52.1 Å². The summed E-state index contributed by atoms with van der Waals surface area (Å²) in [5.41, 5.74) is 0.928. The molecule has 0 saturated carbocycles. The van der Waals surface area contributed by atoms with Crippen LogP contribution in [0.4, 0.5) is 18.9 Å². The standard InChI is InChI=1S/C28H33ClF3N7O3/c1-6-22(33-3)25(37-12-14-38(15-13-37)26(41)20-8-7-11-36(5)18(20)2)27(42)39(34-4)17-24(40)35-23-10-9-19(16-21(23)29)28(30,31)32/h7-11,16,33H,2,4,6,12-15,17H2,1,3,5H3,(H,35,40)/b25-22+. The average Bonchev–Trinajstić information content (AvgIpc) is 2.96. The highest BCUT2D eigenvalue weighted by Gasteiger charge is 2.33. The summed E-state index contributed by atoms with van der Waals surface area (Å²) in [6.45, 7) is 10.0. The second kappa shape index (κ2) is 13.6. The first-order valence-corrected chi connectivity index (χ1v) is 13.4. The third-order valence-electron chi connectivity index (χ3n) is 6.84. The predicted octanol–water partition coefficient (Wildman–Crippen LogP) is 3.63. The van der Waals surface area contributed by atoms with Gasteiger partial charge in [0, 0.05) is 64.6 Å². The molecule has 0 unspecified atom stereocenters. The normalized spacial score (nSPS) is 16.0. The minimum Gasteiger partial charge on any atom is -0.390 e. The van der Waals surface area contributed by atoms with Crippen molar-refractivity contribution >= 4 is 41.7 Å². The van der Waals surface area contributed by atoms with Crippen LogP contribution in [-0.4, -0.2) is 91.0 Å². The Labute approximate surface area is 247 Å². The topological polar surface area (TPSA) is 101 Å². The van der Waals surface area contributed by atoms with Gasteiger partial charge in [-0.3, -0.25) is 14.4 Å². The van der Waals surface area contributed by atoms with E-state index < -0.39 is 30.1 Å². The number of benzene rings is 1. The Hall–Kier alpha value is -4.26. The zero-order valence-corrected chi connectivity index (χ0v) is 24.3. The number of carbonyl (C=O) groups excluding carboxylic acids is 3. The molecule has 2 aliphatic rings. The van der Waals surface area contributed by atoms with Crippen LogP contribution < -0.4 is 10.6 Å². The van der Waals surface area contributed by atoms with E-state index in [0.717, 1.165) is 17.1 Å². The van der Waals surface area contributed by atoms with E-state index in [1.54, 1.807) is 29.0 Å². The Bertz CT molecular complexity index is 1340. The number of likely N-dealkylation sites (N-methyl/N-ethyl adjacent to an activating group) is 1. The van der Waals surface area contributed by atoms with E-state index in [9.17, 15) is 27.6 Å². The lowest BCUT2D eigenvalue weighted by atomic mass is 10.1. The van der Waals surface area contributed by atoms with E-state index in [4.69, 9.17) is 11.6 Å². The number of rotatable bonds is 9. The summed E-state index contributed by atoms with van der Waals surface area (Å²) in [6, 6.07) is 2.52. The van der Waals surface area contributed by atoms with E-state index >= 15 is 0 Å². The van der Waals surface area contributed by atoms with Crippen LogP contribution in [0.2, 0.25) is 5.02 Å². The average molecular weight is 608 g/mol. The van der Waals surface area contributed by atoms with Crippen LogP contribution in [0.5, 0.6) is 0 Å².